The molecule has 2 heteroatoms. The van der Waals surface area contributed by atoms with Gasteiger partial charge in [-0.2, -0.15) is 0 Å². The molecule has 160 valence electrons. The van der Waals surface area contributed by atoms with Gasteiger partial charge in [0.2, 0.25) is 0 Å². The van der Waals surface area contributed by atoms with Crippen LogP contribution in [0, 0.1) is 0 Å². The van der Waals surface area contributed by atoms with Crippen molar-refractivity contribution in [2.24, 2.45) is 0 Å². The third-order valence-corrected chi connectivity index (χ3v) is 6.59. The maximum absolute atomic E-state index is 12.4. The molecular formula is C28H36O2. The second-order valence-electron chi connectivity index (χ2n) is 9.89. The topological polar surface area (TPSA) is 26.3 Å². The predicted molar refractivity (Wildman–Crippen MR) is 127 cm³/mol. The van der Waals surface area contributed by atoms with Gasteiger partial charge in [0, 0.05) is 11.8 Å². The molecule has 2 nitrogen and oxygen atoms in total. The van der Waals surface area contributed by atoms with Gasteiger partial charge >= 0.3 is 5.97 Å². The number of carbonyl (C=O) groups excluding carboxylic acids is 1. The quantitative estimate of drug-likeness (QED) is 0.373. The van der Waals surface area contributed by atoms with Crippen LogP contribution in [-0.2, 0) is 20.4 Å². The van der Waals surface area contributed by atoms with Gasteiger partial charge in [0.1, 0.15) is 6.10 Å². The van der Waals surface area contributed by atoms with Crippen LogP contribution in [0.5, 0.6) is 0 Å². The highest BCUT2D eigenvalue weighted by Crippen LogP contribution is 2.48. The van der Waals surface area contributed by atoms with E-state index in [1.165, 1.54) is 27.8 Å². The fourth-order valence-corrected chi connectivity index (χ4v) is 4.53. The summed E-state index contributed by atoms with van der Waals surface area (Å²) in [7, 11) is 0. The molecule has 0 aromatic heterocycles. The normalized spacial score (nSPS) is 19.8. The van der Waals surface area contributed by atoms with Crippen molar-refractivity contribution >= 4 is 17.6 Å². The first kappa shape index (κ1) is 22.3. The van der Waals surface area contributed by atoms with Gasteiger partial charge in [-0.25, -0.2) is 0 Å². The average molecular weight is 405 g/mol. The largest absolute Gasteiger partial charge is 0.461 e. The molecule has 2 aromatic rings. The number of unbranched alkanes of at least 4 members (excludes halogenated alkanes) is 1. The highest BCUT2D eigenvalue weighted by Gasteiger charge is 2.46. The summed E-state index contributed by atoms with van der Waals surface area (Å²) < 4.78 is 6.04. The molecular weight excluding hydrogens is 368 g/mol. The van der Waals surface area contributed by atoms with Crippen LogP contribution >= 0.6 is 0 Å². The van der Waals surface area contributed by atoms with Crippen LogP contribution in [-0.4, -0.2) is 12.1 Å². The lowest BCUT2D eigenvalue weighted by Crippen LogP contribution is -2.47. The van der Waals surface area contributed by atoms with Gasteiger partial charge in [-0.1, -0.05) is 95.6 Å². The molecule has 0 amide bonds. The van der Waals surface area contributed by atoms with Gasteiger partial charge < -0.3 is 4.74 Å². The summed E-state index contributed by atoms with van der Waals surface area (Å²) in [4.78, 5) is 12.4. The molecule has 1 unspecified atom stereocenters. The Labute approximate surface area is 182 Å². The summed E-state index contributed by atoms with van der Waals surface area (Å²) in [5.41, 5.74) is 6.07. The van der Waals surface area contributed by atoms with E-state index in [0.717, 1.165) is 19.3 Å². The Morgan fingerprint density at radius 3 is 2.43 bits per heavy atom. The van der Waals surface area contributed by atoms with Gasteiger partial charge in [-0.15, -0.1) is 0 Å². The van der Waals surface area contributed by atoms with Crippen LogP contribution in [0.25, 0.3) is 11.6 Å². The minimum absolute atomic E-state index is 0.0316. The molecule has 0 aliphatic heterocycles. The zero-order valence-electron chi connectivity index (χ0n) is 19.4. The van der Waals surface area contributed by atoms with E-state index in [4.69, 9.17) is 4.74 Å². The summed E-state index contributed by atoms with van der Waals surface area (Å²) in [6.07, 6.45) is 5.37. The second-order valence-corrected chi connectivity index (χ2v) is 9.89. The van der Waals surface area contributed by atoms with Crippen LogP contribution in [0.4, 0.5) is 0 Å². The number of hydrogen-bond acceptors (Lipinski definition) is 2. The van der Waals surface area contributed by atoms with Gasteiger partial charge in [0.15, 0.2) is 0 Å². The van der Waals surface area contributed by atoms with Gasteiger partial charge in [-0.05, 0) is 53.0 Å². The van der Waals surface area contributed by atoms with Crippen molar-refractivity contribution < 1.29 is 9.53 Å². The number of allylic oxidation sites excluding steroid dienone is 1. The first-order valence-corrected chi connectivity index (χ1v) is 11.2. The maximum Gasteiger partial charge on any atom is 0.306 e. The lowest BCUT2D eigenvalue weighted by molar-refractivity contribution is -0.154. The van der Waals surface area contributed by atoms with Crippen molar-refractivity contribution in [3.05, 3.63) is 70.8 Å². The molecule has 2 aromatic carbocycles. The molecule has 0 radical (unpaired) electrons. The highest BCUT2D eigenvalue weighted by atomic mass is 16.5. The van der Waals surface area contributed by atoms with Crippen LogP contribution < -0.4 is 0 Å². The molecule has 0 saturated heterocycles. The van der Waals surface area contributed by atoms with Gasteiger partial charge in [-0.3, -0.25) is 4.79 Å². The lowest BCUT2D eigenvalue weighted by atomic mass is 9.61. The average Bonchev–Trinajstić information content (AvgIpc) is 2.71. The van der Waals surface area contributed by atoms with E-state index in [9.17, 15) is 4.79 Å². The summed E-state index contributed by atoms with van der Waals surface area (Å²) >= 11 is 0. The minimum atomic E-state index is -0.226. The van der Waals surface area contributed by atoms with E-state index in [1.54, 1.807) is 0 Å². The molecule has 1 atom stereocenters. The number of fused-ring (bicyclic) bond motifs is 1. The third-order valence-electron chi connectivity index (χ3n) is 6.59. The Kier molecular flexibility index (Phi) is 6.55. The Morgan fingerprint density at radius 1 is 1.07 bits per heavy atom. The molecule has 0 spiro atoms. The number of benzene rings is 2. The highest BCUT2D eigenvalue weighted by molar-refractivity contribution is 5.80. The van der Waals surface area contributed by atoms with Crippen molar-refractivity contribution in [2.45, 2.75) is 84.2 Å². The van der Waals surface area contributed by atoms with E-state index >= 15 is 0 Å². The van der Waals surface area contributed by atoms with Crippen molar-refractivity contribution in [1.29, 1.82) is 0 Å². The first-order valence-electron chi connectivity index (χ1n) is 11.2. The third kappa shape index (κ3) is 4.69. The minimum Gasteiger partial charge on any atom is -0.461 e. The van der Waals surface area contributed by atoms with E-state index < -0.39 is 0 Å². The van der Waals surface area contributed by atoms with Crippen molar-refractivity contribution in [3.63, 3.8) is 0 Å². The SMILES string of the molecule is CCCCC(=O)OC1CC(C)(C)c2ccc(C(C)=Cc3ccccc3)cc2C1(C)C. The first-order chi connectivity index (χ1) is 14.1. The number of carbonyl (C=O) groups is 1. The molecule has 3 rings (SSSR count). The van der Waals surface area contributed by atoms with Crippen molar-refractivity contribution in [3.8, 4) is 0 Å². The van der Waals surface area contributed by atoms with Crippen molar-refractivity contribution in [1.82, 2.24) is 0 Å². The number of rotatable bonds is 6. The van der Waals surface area contributed by atoms with Gasteiger partial charge in [0.05, 0.1) is 0 Å². The Hall–Kier alpha value is -2.35. The summed E-state index contributed by atoms with van der Waals surface area (Å²) in [6.45, 7) is 13.2. The Balaban J connectivity index is 1.96. The fourth-order valence-electron chi connectivity index (χ4n) is 4.53. The predicted octanol–water partition coefficient (Wildman–Crippen LogP) is 7.31. The number of ether oxygens (including phenoxy) is 1. The molecule has 0 fully saturated rings. The molecule has 1 aliphatic carbocycles. The second kappa shape index (κ2) is 8.79. The number of esters is 1. The molecule has 0 heterocycles. The summed E-state index contributed by atoms with van der Waals surface area (Å²) in [6, 6.07) is 17.3. The van der Waals surface area contributed by atoms with Crippen LogP contribution in [0.3, 0.4) is 0 Å². The summed E-state index contributed by atoms with van der Waals surface area (Å²) in [5, 5.41) is 0. The lowest BCUT2D eigenvalue weighted by Gasteiger charge is -2.47. The maximum atomic E-state index is 12.4. The fraction of sp³-hybridized carbons (Fsp3) is 0.464. The monoisotopic (exact) mass is 404 g/mol. The van der Waals surface area contributed by atoms with E-state index in [1.807, 2.05) is 6.07 Å². The van der Waals surface area contributed by atoms with Crippen molar-refractivity contribution in [2.75, 3.05) is 0 Å². The summed E-state index contributed by atoms with van der Waals surface area (Å²) in [5.74, 6) is -0.0644. The van der Waals surface area contributed by atoms with E-state index in [2.05, 4.69) is 90.1 Å². The molecule has 0 bridgehead atoms. The van der Waals surface area contributed by atoms with E-state index in [0.29, 0.717) is 6.42 Å². The molecule has 0 N–H and O–H groups in total. The Morgan fingerprint density at radius 2 is 1.77 bits per heavy atom. The zero-order chi connectivity index (χ0) is 21.9. The zero-order valence-corrected chi connectivity index (χ0v) is 19.4. The van der Waals surface area contributed by atoms with Gasteiger partial charge in [0.25, 0.3) is 0 Å². The molecule has 0 saturated carbocycles. The smallest absolute Gasteiger partial charge is 0.306 e. The number of hydrogen-bond donors (Lipinski definition) is 0. The van der Waals surface area contributed by atoms with Crippen LogP contribution in [0.15, 0.2) is 48.5 Å². The Bertz CT molecular complexity index is 919. The molecule has 30 heavy (non-hydrogen) atoms. The van der Waals surface area contributed by atoms with Crippen LogP contribution in [0.2, 0.25) is 0 Å². The molecule has 1 aliphatic rings. The standard InChI is InChI=1S/C28H36O2/c1-7-8-14-26(29)30-25-19-27(3,4)23-16-15-22(18-24(23)28(25,5)6)20(2)17-21-12-10-9-11-13-21/h9-13,15-18,25H,7-8,14,19H2,1-6H3. The van der Waals surface area contributed by atoms with E-state index in [-0.39, 0.29) is 22.9 Å². The van der Waals surface area contributed by atoms with Crippen LogP contribution in [0.1, 0.15) is 89.5 Å².